The average Bonchev–Trinajstić information content (AvgIpc) is 2.52. The minimum atomic E-state index is -3.74. The van der Waals surface area contributed by atoms with E-state index >= 15 is 0 Å². The molecule has 0 saturated carbocycles. The molecule has 0 aromatic heterocycles. The van der Waals surface area contributed by atoms with Crippen LogP contribution in [0.3, 0.4) is 0 Å². The fourth-order valence-corrected chi connectivity index (χ4v) is 4.07. The Morgan fingerprint density at radius 2 is 1.70 bits per heavy atom. The van der Waals surface area contributed by atoms with Gasteiger partial charge in [-0.15, -0.1) is 0 Å². The summed E-state index contributed by atoms with van der Waals surface area (Å²) >= 11 is 12.1. The summed E-state index contributed by atoms with van der Waals surface area (Å²) in [7, 11) is -3.74. The summed E-state index contributed by atoms with van der Waals surface area (Å²) < 4.78 is 32.3. The van der Waals surface area contributed by atoms with E-state index < -0.39 is 10.0 Å². The summed E-state index contributed by atoms with van der Waals surface area (Å²) in [4.78, 5) is 0.166. The Hall–Kier alpha value is -1.43. The molecule has 0 aliphatic heterocycles. The molecule has 2 aromatic carbocycles. The third-order valence-corrected chi connectivity index (χ3v) is 5.64. The van der Waals surface area contributed by atoms with Crippen molar-refractivity contribution in [2.45, 2.75) is 18.7 Å². The van der Waals surface area contributed by atoms with Crippen LogP contribution >= 0.6 is 23.2 Å². The normalized spacial score (nSPS) is 11.3. The van der Waals surface area contributed by atoms with E-state index in [0.29, 0.717) is 28.1 Å². The molecule has 0 spiro atoms. The van der Waals surface area contributed by atoms with E-state index in [0.717, 1.165) is 0 Å². The molecule has 0 N–H and O–H groups in total. The van der Waals surface area contributed by atoms with Gasteiger partial charge < -0.3 is 4.74 Å². The van der Waals surface area contributed by atoms with Gasteiger partial charge in [0.25, 0.3) is 10.0 Å². The van der Waals surface area contributed by atoms with Crippen LogP contribution in [0.15, 0.2) is 47.4 Å². The van der Waals surface area contributed by atoms with Gasteiger partial charge in [-0.3, -0.25) is 4.31 Å². The summed E-state index contributed by atoms with van der Waals surface area (Å²) in [6, 6.07) is 11.0. The number of hydrogen-bond acceptors (Lipinski definition) is 3. The molecule has 0 saturated heterocycles. The Morgan fingerprint density at radius 3 is 2.26 bits per heavy atom. The zero-order valence-corrected chi connectivity index (χ0v) is 15.1. The summed E-state index contributed by atoms with van der Waals surface area (Å²) in [5, 5.41) is 0.746. The summed E-state index contributed by atoms with van der Waals surface area (Å²) in [6.45, 7) is 4.36. The number of halogens is 2. The molecule has 0 radical (unpaired) electrons. The van der Waals surface area contributed by atoms with Crippen LogP contribution in [-0.2, 0) is 10.0 Å². The number of hydrogen-bond donors (Lipinski definition) is 0. The van der Waals surface area contributed by atoms with Crippen molar-refractivity contribution in [3.63, 3.8) is 0 Å². The highest BCUT2D eigenvalue weighted by atomic mass is 35.5. The highest BCUT2D eigenvalue weighted by Crippen LogP contribution is 2.33. The second-order valence-electron chi connectivity index (χ2n) is 4.67. The van der Waals surface area contributed by atoms with Gasteiger partial charge in [-0.2, -0.15) is 0 Å². The first-order valence-corrected chi connectivity index (χ1v) is 9.30. The molecule has 23 heavy (non-hydrogen) atoms. The second kappa shape index (κ2) is 7.43. The van der Waals surface area contributed by atoms with Gasteiger partial charge in [-0.25, -0.2) is 8.42 Å². The summed E-state index contributed by atoms with van der Waals surface area (Å²) in [5.74, 6) is 0.621. The number of rotatable bonds is 6. The first-order valence-electron chi connectivity index (χ1n) is 7.10. The van der Waals surface area contributed by atoms with Crippen LogP contribution in [0.4, 0.5) is 5.69 Å². The average molecular weight is 374 g/mol. The SMILES string of the molecule is CCOc1ccc(S(=O)(=O)N(CC)c2cc(Cl)ccc2Cl)cc1. The van der Waals surface area contributed by atoms with Gasteiger partial charge >= 0.3 is 0 Å². The molecule has 2 aromatic rings. The van der Waals surface area contributed by atoms with Gasteiger partial charge in [-0.1, -0.05) is 23.2 Å². The molecule has 0 fully saturated rings. The largest absolute Gasteiger partial charge is 0.494 e. The van der Waals surface area contributed by atoms with Crippen molar-refractivity contribution >= 4 is 38.9 Å². The molecule has 0 bridgehead atoms. The molecule has 7 heteroatoms. The Balaban J connectivity index is 2.44. The fourth-order valence-electron chi connectivity index (χ4n) is 2.15. The van der Waals surface area contributed by atoms with Gasteiger partial charge in [0, 0.05) is 11.6 Å². The third-order valence-electron chi connectivity index (χ3n) is 3.19. The minimum Gasteiger partial charge on any atom is -0.494 e. The van der Waals surface area contributed by atoms with Crippen molar-refractivity contribution in [3.8, 4) is 5.75 Å². The molecule has 0 unspecified atom stereocenters. The minimum absolute atomic E-state index is 0.166. The smallest absolute Gasteiger partial charge is 0.264 e. The van der Waals surface area contributed by atoms with Crippen LogP contribution in [0.1, 0.15) is 13.8 Å². The molecule has 0 amide bonds. The molecule has 0 atom stereocenters. The van der Waals surface area contributed by atoms with Crippen molar-refractivity contribution < 1.29 is 13.2 Å². The zero-order valence-electron chi connectivity index (χ0n) is 12.8. The molecule has 4 nitrogen and oxygen atoms in total. The van der Waals surface area contributed by atoms with Gasteiger partial charge in [0.1, 0.15) is 5.75 Å². The summed E-state index contributed by atoms with van der Waals surface area (Å²) in [6.07, 6.45) is 0. The van der Waals surface area contributed by atoms with Gasteiger partial charge in [0.2, 0.25) is 0 Å². The Bertz CT molecular complexity index is 776. The van der Waals surface area contributed by atoms with Gasteiger partial charge in [0.05, 0.1) is 22.2 Å². The van der Waals surface area contributed by atoms with E-state index in [4.69, 9.17) is 27.9 Å². The molecule has 0 aliphatic carbocycles. The van der Waals surface area contributed by atoms with Crippen molar-refractivity contribution in [1.82, 2.24) is 0 Å². The van der Waals surface area contributed by atoms with E-state index in [1.807, 2.05) is 6.92 Å². The number of ether oxygens (including phenoxy) is 1. The van der Waals surface area contributed by atoms with E-state index in [2.05, 4.69) is 0 Å². The maximum atomic E-state index is 12.9. The van der Waals surface area contributed by atoms with Gasteiger partial charge in [0.15, 0.2) is 0 Å². The zero-order chi connectivity index (χ0) is 17.0. The highest BCUT2D eigenvalue weighted by molar-refractivity contribution is 7.92. The van der Waals surface area contributed by atoms with Crippen LogP contribution in [-0.4, -0.2) is 21.6 Å². The Kier molecular flexibility index (Phi) is 5.79. The quantitative estimate of drug-likeness (QED) is 0.742. The fraction of sp³-hybridized carbons (Fsp3) is 0.250. The predicted molar refractivity (Wildman–Crippen MR) is 94.3 cm³/mol. The van der Waals surface area contributed by atoms with Crippen molar-refractivity contribution in [2.75, 3.05) is 17.5 Å². The summed E-state index contributed by atoms with van der Waals surface area (Å²) in [5.41, 5.74) is 0.357. The number of sulfonamides is 1. The molecular formula is C16H17Cl2NO3S. The number of nitrogens with zero attached hydrogens (tertiary/aromatic N) is 1. The van der Waals surface area contributed by atoms with Crippen molar-refractivity contribution in [2.24, 2.45) is 0 Å². The highest BCUT2D eigenvalue weighted by Gasteiger charge is 2.25. The third kappa shape index (κ3) is 3.91. The van der Waals surface area contributed by atoms with Crippen molar-refractivity contribution in [3.05, 3.63) is 52.5 Å². The first-order chi connectivity index (χ1) is 10.9. The predicted octanol–water partition coefficient (Wildman–Crippen LogP) is 4.61. The number of anilines is 1. The van der Waals surface area contributed by atoms with Crippen LogP contribution in [0.25, 0.3) is 0 Å². The van der Waals surface area contributed by atoms with E-state index in [-0.39, 0.29) is 11.4 Å². The van der Waals surface area contributed by atoms with Crippen LogP contribution in [0, 0.1) is 0 Å². The molecule has 2 rings (SSSR count). The van der Waals surface area contributed by atoms with E-state index in [1.54, 1.807) is 37.3 Å². The Morgan fingerprint density at radius 1 is 1.04 bits per heavy atom. The second-order valence-corrected chi connectivity index (χ2v) is 7.38. The van der Waals surface area contributed by atoms with Crippen LogP contribution in [0.5, 0.6) is 5.75 Å². The Labute approximate surface area is 146 Å². The first kappa shape index (κ1) is 17.9. The number of benzene rings is 2. The van der Waals surface area contributed by atoms with Crippen LogP contribution in [0.2, 0.25) is 10.0 Å². The molecular weight excluding hydrogens is 357 g/mol. The lowest BCUT2D eigenvalue weighted by molar-refractivity contribution is 0.340. The van der Waals surface area contributed by atoms with E-state index in [9.17, 15) is 8.42 Å². The van der Waals surface area contributed by atoms with Crippen molar-refractivity contribution in [1.29, 1.82) is 0 Å². The lowest BCUT2D eigenvalue weighted by Gasteiger charge is -2.24. The molecule has 0 heterocycles. The maximum absolute atomic E-state index is 12.9. The topological polar surface area (TPSA) is 46.6 Å². The maximum Gasteiger partial charge on any atom is 0.264 e. The van der Waals surface area contributed by atoms with Gasteiger partial charge in [-0.05, 0) is 56.3 Å². The van der Waals surface area contributed by atoms with E-state index in [1.165, 1.54) is 16.4 Å². The van der Waals surface area contributed by atoms with Crippen LogP contribution < -0.4 is 9.04 Å². The molecule has 0 aliphatic rings. The lowest BCUT2D eigenvalue weighted by Crippen LogP contribution is -2.31. The molecule has 124 valence electrons. The monoisotopic (exact) mass is 373 g/mol. The standard InChI is InChI=1S/C16H17Cl2NO3S/c1-3-19(16-11-12(17)5-10-15(16)18)23(20,21)14-8-6-13(7-9-14)22-4-2/h5-11H,3-4H2,1-2H3. The lowest BCUT2D eigenvalue weighted by atomic mass is 10.3.